The Hall–Kier alpha value is -2.74. The molecule has 140 valence electrons. The van der Waals surface area contributed by atoms with Crippen LogP contribution in [0, 0.1) is 0 Å². The normalized spacial score (nSPS) is 11.1. The van der Waals surface area contributed by atoms with Gasteiger partial charge in [0.05, 0.1) is 0 Å². The summed E-state index contributed by atoms with van der Waals surface area (Å²) in [4.78, 5) is 0. The first-order valence-corrected chi connectivity index (χ1v) is 9.82. The molecule has 0 aliphatic rings. The highest BCUT2D eigenvalue weighted by Crippen LogP contribution is 2.41. The lowest BCUT2D eigenvalue weighted by Crippen LogP contribution is -2.06. The van der Waals surface area contributed by atoms with Crippen LogP contribution in [-0.2, 0) is 12.8 Å². The number of benzene rings is 3. The summed E-state index contributed by atoms with van der Waals surface area (Å²) in [5, 5.41) is 21.4. The van der Waals surface area contributed by atoms with Crippen LogP contribution in [0.15, 0.2) is 66.7 Å². The van der Waals surface area contributed by atoms with E-state index in [2.05, 4.69) is 38.1 Å². The first-order valence-electron chi connectivity index (χ1n) is 9.82. The number of hydrogen-bond acceptors (Lipinski definition) is 2. The summed E-state index contributed by atoms with van der Waals surface area (Å²) in [6.07, 6.45) is 4.04. The molecule has 2 N–H and O–H groups in total. The standard InChI is InChI=1S/C25H28O2/c1-3-8-18-12-14-23(26)21(16-18)25(20-10-6-5-7-11-20)22-17-19(9-4-2)13-15-24(22)27/h5-7,10-17,25-27H,3-4,8-9H2,1-2H3. The van der Waals surface area contributed by atoms with Crippen molar-refractivity contribution in [2.75, 3.05) is 0 Å². The number of phenolic OH excluding ortho intramolecular Hbond substituents is 2. The minimum Gasteiger partial charge on any atom is -0.508 e. The molecule has 0 unspecified atom stereocenters. The van der Waals surface area contributed by atoms with Gasteiger partial charge in [-0.25, -0.2) is 0 Å². The molecule has 3 rings (SSSR count). The molecule has 27 heavy (non-hydrogen) atoms. The molecule has 0 aliphatic heterocycles. The molecule has 0 amide bonds. The van der Waals surface area contributed by atoms with Gasteiger partial charge < -0.3 is 10.2 Å². The molecule has 0 aromatic heterocycles. The Bertz CT molecular complexity index is 829. The topological polar surface area (TPSA) is 40.5 Å². The predicted octanol–water partition coefficient (Wildman–Crippen LogP) is 6.18. The summed E-state index contributed by atoms with van der Waals surface area (Å²) >= 11 is 0. The number of phenols is 2. The van der Waals surface area contributed by atoms with Crippen molar-refractivity contribution in [2.24, 2.45) is 0 Å². The summed E-state index contributed by atoms with van der Waals surface area (Å²) < 4.78 is 0. The number of aryl methyl sites for hydroxylation is 2. The minimum absolute atomic E-state index is 0.209. The van der Waals surface area contributed by atoms with Gasteiger partial charge in [0, 0.05) is 17.0 Å². The van der Waals surface area contributed by atoms with Gasteiger partial charge in [-0.2, -0.15) is 0 Å². The molecule has 0 saturated heterocycles. The van der Waals surface area contributed by atoms with Gasteiger partial charge in [0.1, 0.15) is 11.5 Å². The van der Waals surface area contributed by atoms with E-state index in [4.69, 9.17) is 0 Å². The van der Waals surface area contributed by atoms with Crippen molar-refractivity contribution < 1.29 is 10.2 Å². The second kappa shape index (κ2) is 8.77. The van der Waals surface area contributed by atoms with Crippen LogP contribution < -0.4 is 0 Å². The minimum atomic E-state index is -0.209. The summed E-state index contributed by atoms with van der Waals surface area (Å²) in [6.45, 7) is 4.31. The van der Waals surface area contributed by atoms with Gasteiger partial charge in [0.2, 0.25) is 0 Å². The van der Waals surface area contributed by atoms with E-state index in [-0.39, 0.29) is 17.4 Å². The van der Waals surface area contributed by atoms with Gasteiger partial charge in [-0.1, -0.05) is 81.3 Å². The fourth-order valence-electron chi connectivity index (χ4n) is 3.73. The second-order valence-electron chi connectivity index (χ2n) is 7.13. The fourth-order valence-corrected chi connectivity index (χ4v) is 3.73. The third-order valence-corrected chi connectivity index (χ3v) is 5.02. The molecule has 0 atom stereocenters. The summed E-state index contributed by atoms with van der Waals surface area (Å²) in [5.41, 5.74) is 5.16. The monoisotopic (exact) mass is 360 g/mol. The van der Waals surface area contributed by atoms with E-state index >= 15 is 0 Å². The maximum atomic E-state index is 10.7. The molecule has 2 nitrogen and oxygen atoms in total. The van der Waals surface area contributed by atoms with Crippen LogP contribution >= 0.6 is 0 Å². The molecule has 0 fully saturated rings. The Morgan fingerprint density at radius 1 is 0.667 bits per heavy atom. The largest absolute Gasteiger partial charge is 0.508 e. The SMILES string of the molecule is CCCc1ccc(O)c(C(c2ccccc2)c2cc(CCC)ccc2O)c1. The van der Waals surface area contributed by atoms with E-state index < -0.39 is 0 Å². The maximum absolute atomic E-state index is 10.7. The Morgan fingerprint density at radius 3 is 1.59 bits per heavy atom. The Labute approximate surface area is 162 Å². The third kappa shape index (κ3) is 4.33. The van der Waals surface area contributed by atoms with Crippen molar-refractivity contribution in [1.29, 1.82) is 0 Å². The van der Waals surface area contributed by atoms with Crippen LogP contribution in [0.1, 0.15) is 60.4 Å². The van der Waals surface area contributed by atoms with E-state index in [0.29, 0.717) is 0 Å². The molecule has 0 radical (unpaired) electrons. The molecule has 2 heteroatoms. The van der Waals surface area contributed by atoms with Gasteiger partial charge >= 0.3 is 0 Å². The van der Waals surface area contributed by atoms with Crippen molar-refractivity contribution >= 4 is 0 Å². The average molecular weight is 360 g/mol. The summed E-state index contributed by atoms with van der Waals surface area (Å²) in [7, 11) is 0. The molecule has 0 aliphatic carbocycles. The van der Waals surface area contributed by atoms with Crippen LogP contribution in [-0.4, -0.2) is 10.2 Å². The zero-order valence-electron chi connectivity index (χ0n) is 16.2. The highest BCUT2D eigenvalue weighted by Gasteiger charge is 2.23. The second-order valence-corrected chi connectivity index (χ2v) is 7.13. The van der Waals surface area contributed by atoms with Crippen molar-refractivity contribution in [1.82, 2.24) is 0 Å². The molecule has 3 aromatic carbocycles. The lowest BCUT2D eigenvalue weighted by molar-refractivity contribution is 0.458. The summed E-state index contributed by atoms with van der Waals surface area (Å²) in [6, 6.07) is 21.8. The fraction of sp³-hybridized carbons (Fsp3) is 0.280. The van der Waals surface area contributed by atoms with Gasteiger partial charge in [0.15, 0.2) is 0 Å². The smallest absolute Gasteiger partial charge is 0.119 e. The quantitative estimate of drug-likeness (QED) is 0.494. The van der Waals surface area contributed by atoms with Crippen LogP contribution in [0.4, 0.5) is 0 Å². The molecule has 3 aromatic rings. The van der Waals surface area contributed by atoms with Crippen molar-refractivity contribution in [3.05, 3.63) is 94.5 Å². The van der Waals surface area contributed by atoms with E-state index in [1.54, 1.807) is 12.1 Å². The van der Waals surface area contributed by atoms with Crippen molar-refractivity contribution in [3.63, 3.8) is 0 Å². The van der Waals surface area contributed by atoms with E-state index in [1.165, 1.54) is 11.1 Å². The van der Waals surface area contributed by atoms with Gasteiger partial charge in [-0.05, 0) is 41.7 Å². The third-order valence-electron chi connectivity index (χ3n) is 5.02. The molecule has 0 heterocycles. The highest BCUT2D eigenvalue weighted by atomic mass is 16.3. The molecule has 0 saturated carbocycles. The molecular weight excluding hydrogens is 332 g/mol. The van der Waals surface area contributed by atoms with Crippen molar-refractivity contribution in [2.45, 2.75) is 45.4 Å². The highest BCUT2D eigenvalue weighted by molar-refractivity contribution is 5.54. The van der Waals surface area contributed by atoms with E-state index in [9.17, 15) is 10.2 Å². The van der Waals surface area contributed by atoms with Crippen LogP contribution in [0.25, 0.3) is 0 Å². The van der Waals surface area contributed by atoms with Gasteiger partial charge in [-0.15, -0.1) is 0 Å². The molecule has 0 bridgehead atoms. The van der Waals surface area contributed by atoms with E-state index in [0.717, 1.165) is 42.4 Å². The van der Waals surface area contributed by atoms with Crippen LogP contribution in [0.3, 0.4) is 0 Å². The lowest BCUT2D eigenvalue weighted by Gasteiger charge is -2.22. The lowest BCUT2D eigenvalue weighted by atomic mass is 9.82. The zero-order chi connectivity index (χ0) is 19.2. The average Bonchev–Trinajstić information content (AvgIpc) is 2.68. The van der Waals surface area contributed by atoms with Crippen molar-refractivity contribution in [3.8, 4) is 11.5 Å². The first kappa shape index (κ1) is 19.0. The van der Waals surface area contributed by atoms with Crippen LogP contribution in [0.5, 0.6) is 11.5 Å². The molecule has 0 spiro atoms. The first-order chi connectivity index (χ1) is 13.1. The van der Waals surface area contributed by atoms with Crippen LogP contribution in [0.2, 0.25) is 0 Å². The maximum Gasteiger partial charge on any atom is 0.119 e. The predicted molar refractivity (Wildman–Crippen MR) is 112 cm³/mol. The van der Waals surface area contributed by atoms with E-state index in [1.807, 2.05) is 30.3 Å². The summed E-state index contributed by atoms with van der Waals surface area (Å²) in [5.74, 6) is 0.327. The Balaban J connectivity index is 2.20. The van der Waals surface area contributed by atoms with Gasteiger partial charge in [0.25, 0.3) is 0 Å². The Kier molecular flexibility index (Phi) is 6.18. The number of aromatic hydroxyl groups is 2. The molecular formula is C25H28O2. The number of hydrogen-bond donors (Lipinski definition) is 2. The van der Waals surface area contributed by atoms with Gasteiger partial charge in [-0.3, -0.25) is 0 Å². The number of rotatable bonds is 7. The Morgan fingerprint density at radius 2 is 1.15 bits per heavy atom. The zero-order valence-corrected chi connectivity index (χ0v) is 16.2.